The maximum Gasteiger partial charge on any atom is 0.226 e. The Kier molecular flexibility index (Phi) is 5.31. The first-order valence-electron chi connectivity index (χ1n) is 8.65. The molecule has 0 radical (unpaired) electrons. The van der Waals surface area contributed by atoms with Gasteiger partial charge in [0.2, 0.25) is 17.7 Å². The van der Waals surface area contributed by atoms with Gasteiger partial charge in [0.25, 0.3) is 0 Å². The Bertz CT molecular complexity index is 923. The first kappa shape index (κ1) is 17.7. The Balaban J connectivity index is 1.95. The van der Waals surface area contributed by atoms with E-state index in [1.165, 1.54) is 6.92 Å². The van der Waals surface area contributed by atoms with Crippen molar-refractivity contribution in [1.29, 1.82) is 0 Å². The van der Waals surface area contributed by atoms with Crippen LogP contribution in [0.15, 0.2) is 42.5 Å². The highest BCUT2D eigenvalue weighted by molar-refractivity contribution is 5.90. The second-order valence-corrected chi connectivity index (χ2v) is 6.08. The smallest absolute Gasteiger partial charge is 0.226 e. The molecule has 0 unspecified atom stereocenters. The molecule has 0 saturated carbocycles. The van der Waals surface area contributed by atoms with Crippen LogP contribution in [-0.2, 0) is 4.79 Å². The van der Waals surface area contributed by atoms with Crippen molar-refractivity contribution in [3.8, 4) is 17.0 Å². The molecule has 26 heavy (non-hydrogen) atoms. The minimum atomic E-state index is -0.0907. The predicted octanol–water partition coefficient (Wildman–Crippen LogP) is 4.02. The molecule has 2 aromatic carbocycles. The topological polar surface area (TPSA) is 90.1 Å². The largest absolute Gasteiger partial charge is 0.477 e. The predicted molar refractivity (Wildman–Crippen MR) is 104 cm³/mol. The molecule has 134 valence electrons. The summed E-state index contributed by atoms with van der Waals surface area (Å²) < 4.78 is 5.82. The van der Waals surface area contributed by atoms with Crippen LogP contribution >= 0.6 is 0 Å². The number of fused-ring (bicyclic) bond motifs is 1. The number of unbranched alkanes of at least 4 members (excludes halogenated alkanes) is 1. The van der Waals surface area contributed by atoms with Crippen molar-refractivity contribution in [3.63, 3.8) is 0 Å². The summed E-state index contributed by atoms with van der Waals surface area (Å²) in [5, 5.41) is 3.60. The number of nitrogens with zero attached hydrogens (tertiary/aromatic N) is 2. The van der Waals surface area contributed by atoms with Crippen LogP contribution in [0.3, 0.4) is 0 Å². The lowest BCUT2D eigenvalue weighted by molar-refractivity contribution is -0.114. The summed E-state index contributed by atoms with van der Waals surface area (Å²) in [6.07, 6.45) is 2.00. The van der Waals surface area contributed by atoms with Gasteiger partial charge in [-0.25, -0.2) is 4.98 Å². The Morgan fingerprint density at radius 2 is 1.85 bits per heavy atom. The molecule has 0 atom stereocenters. The summed E-state index contributed by atoms with van der Waals surface area (Å²) >= 11 is 0. The van der Waals surface area contributed by atoms with E-state index in [-0.39, 0.29) is 11.9 Å². The highest BCUT2D eigenvalue weighted by Crippen LogP contribution is 2.30. The number of hydrogen-bond donors (Lipinski definition) is 2. The van der Waals surface area contributed by atoms with Crippen molar-refractivity contribution >= 4 is 28.4 Å². The minimum Gasteiger partial charge on any atom is -0.477 e. The van der Waals surface area contributed by atoms with Crippen molar-refractivity contribution in [2.75, 3.05) is 17.7 Å². The van der Waals surface area contributed by atoms with Gasteiger partial charge in [-0.2, -0.15) is 4.98 Å². The Hall–Kier alpha value is -3.15. The number of rotatable bonds is 6. The summed E-state index contributed by atoms with van der Waals surface area (Å²) in [7, 11) is 0. The van der Waals surface area contributed by atoms with Gasteiger partial charge in [-0.15, -0.1) is 0 Å². The van der Waals surface area contributed by atoms with Gasteiger partial charge in [0.05, 0.1) is 17.5 Å². The molecule has 0 spiro atoms. The van der Waals surface area contributed by atoms with Crippen LogP contribution in [0.5, 0.6) is 5.88 Å². The molecule has 3 rings (SSSR count). The number of benzene rings is 2. The molecule has 1 aromatic heterocycles. The number of aromatic nitrogens is 2. The van der Waals surface area contributed by atoms with Gasteiger partial charge in [-0.1, -0.05) is 31.5 Å². The van der Waals surface area contributed by atoms with Gasteiger partial charge < -0.3 is 15.8 Å². The molecule has 3 N–H and O–H groups in total. The lowest BCUT2D eigenvalue weighted by atomic mass is 10.0. The summed E-state index contributed by atoms with van der Waals surface area (Å²) in [5.41, 5.74) is 9.36. The highest BCUT2D eigenvalue weighted by Gasteiger charge is 2.10. The van der Waals surface area contributed by atoms with Crippen molar-refractivity contribution in [2.24, 2.45) is 0 Å². The Morgan fingerprint density at radius 3 is 2.54 bits per heavy atom. The van der Waals surface area contributed by atoms with E-state index in [2.05, 4.69) is 22.2 Å². The second kappa shape index (κ2) is 7.82. The number of amides is 1. The number of carbonyl (C=O) groups is 1. The van der Waals surface area contributed by atoms with E-state index in [9.17, 15) is 4.79 Å². The highest BCUT2D eigenvalue weighted by atomic mass is 16.5. The van der Waals surface area contributed by atoms with Crippen molar-refractivity contribution < 1.29 is 9.53 Å². The average Bonchev–Trinajstić information content (AvgIpc) is 2.61. The summed E-state index contributed by atoms with van der Waals surface area (Å²) in [6, 6.07) is 13.6. The van der Waals surface area contributed by atoms with E-state index in [1.807, 2.05) is 42.5 Å². The van der Waals surface area contributed by atoms with Crippen molar-refractivity contribution in [3.05, 3.63) is 42.5 Å². The quantitative estimate of drug-likeness (QED) is 0.655. The lowest BCUT2D eigenvalue weighted by Crippen LogP contribution is -2.05. The number of nitrogens with two attached hydrogens (primary N) is 1. The SMILES string of the molecule is CCCCOc1nc(N)nc2ccc(-c3ccc(NC(C)=O)cc3)cc12. The van der Waals surface area contributed by atoms with Crippen molar-refractivity contribution in [1.82, 2.24) is 9.97 Å². The van der Waals surface area contributed by atoms with E-state index in [0.717, 1.165) is 40.6 Å². The molecule has 0 bridgehead atoms. The fourth-order valence-electron chi connectivity index (χ4n) is 2.67. The van der Waals surface area contributed by atoms with Crippen molar-refractivity contribution in [2.45, 2.75) is 26.7 Å². The van der Waals surface area contributed by atoms with Crippen LogP contribution in [0.4, 0.5) is 11.6 Å². The third-order valence-electron chi connectivity index (χ3n) is 3.95. The normalized spacial score (nSPS) is 10.7. The zero-order valence-electron chi connectivity index (χ0n) is 15.0. The third-order valence-corrected chi connectivity index (χ3v) is 3.95. The second-order valence-electron chi connectivity index (χ2n) is 6.08. The summed E-state index contributed by atoms with van der Waals surface area (Å²) in [5.74, 6) is 0.626. The van der Waals surface area contributed by atoms with E-state index in [4.69, 9.17) is 10.5 Å². The molecular weight excluding hydrogens is 328 g/mol. The van der Waals surface area contributed by atoms with E-state index < -0.39 is 0 Å². The standard InChI is InChI=1S/C20H22N4O2/c1-3-4-11-26-19-17-12-15(7-10-18(17)23-20(21)24-19)14-5-8-16(9-6-14)22-13(2)25/h5-10,12H,3-4,11H2,1-2H3,(H,22,25)(H2,21,23,24). The van der Waals surface area contributed by atoms with E-state index in [1.54, 1.807) is 0 Å². The molecular formula is C20H22N4O2. The fourth-order valence-corrected chi connectivity index (χ4v) is 2.67. The molecule has 6 heteroatoms. The number of hydrogen-bond acceptors (Lipinski definition) is 5. The lowest BCUT2D eigenvalue weighted by Gasteiger charge is -2.10. The number of nitrogens with one attached hydrogen (secondary N) is 1. The molecule has 0 aliphatic carbocycles. The van der Waals surface area contributed by atoms with Crippen LogP contribution in [-0.4, -0.2) is 22.5 Å². The zero-order chi connectivity index (χ0) is 18.5. The maximum atomic E-state index is 11.1. The van der Waals surface area contributed by atoms with Gasteiger partial charge >= 0.3 is 0 Å². The van der Waals surface area contributed by atoms with Gasteiger partial charge in [-0.3, -0.25) is 4.79 Å². The number of carbonyl (C=O) groups excluding carboxylic acids is 1. The number of nitrogen functional groups attached to an aromatic ring is 1. The van der Waals surface area contributed by atoms with Crippen LogP contribution in [0.1, 0.15) is 26.7 Å². The minimum absolute atomic E-state index is 0.0907. The van der Waals surface area contributed by atoms with E-state index in [0.29, 0.717) is 12.5 Å². The molecule has 6 nitrogen and oxygen atoms in total. The van der Waals surface area contributed by atoms with Crippen LogP contribution in [0.25, 0.3) is 22.0 Å². The zero-order valence-corrected chi connectivity index (χ0v) is 15.0. The first-order valence-corrected chi connectivity index (χ1v) is 8.65. The molecule has 0 fully saturated rings. The van der Waals surface area contributed by atoms with Crippen LogP contribution < -0.4 is 15.8 Å². The molecule has 1 amide bonds. The summed E-state index contributed by atoms with van der Waals surface area (Å²) in [4.78, 5) is 19.7. The third kappa shape index (κ3) is 4.08. The monoisotopic (exact) mass is 350 g/mol. The molecule has 0 aliphatic rings. The fraction of sp³-hybridized carbons (Fsp3) is 0.250. The Labute approximate surface area is 152 Å². The van der Waals surface area contributed by atoms with Gasteiger partial charge in [0.15, 0.2) is 0 Å². The molecule has 0 saturated heterocycles. The van der Waals surface area contributed by atoms with Gasteiger partial charge in [0.1, 0.15) is 0 Å². The molecule has 3 aromatic rings. The average molecular weight is 350 g/mol. The van der Waals surface area contributed by atoms with E-state index >= 15 is 0 Å². The maximum absolute atomic E-state index is 11.1. The molecule has 0 aliphatic heterocycles. The summed E-state index contributed by atoms with van der Waals surface area (Å²) in [6.45, 7) is 4.19. The van der Waals surface area contributed by atoms with Crippen LogP contribution in [0, 0.1) is 0 Å². The van der Waals surface area contributed by atoms with Gasteiger partial charge in [0, 0.05) is 12.6 Å². The first-order chi connectivity index (χ1) is 12.6. The van der Waals surface area contributed by atoms with Crippen LogP contribution in [0.2, 0.25) is 0 Å². The van der Waals surface area contributed by atoms with Gasteiger partial charge in [-0.05, 0) is 41.8 Å². The number of anilines is 2. The Morgan fingerprint density at radius 1 is 1.12 bits per heavy atom. The molecule has 1 heterocycles. The number of ether oxygens (including phenoxy) is 1.